The van der Waals surface area contributed by atoms with Crippen LogP contribution in [0, 0.1) is 0 Å². The van der Waals surface area contributed by atoms with Crippen molar-refractivity contribution in [3.8, 4) is 11.5 Å². The van der Waals surface area contributed by atoms with Gasteiger partial charge in [0.2, 0.25) is 0 Å². The summed E-state index contributed by atoms with van der Waals surface area (Å²) >= 11 is 0. The van der Waals surface area contributed by atoms with E-state index in [2.05, 4.69) is 10.4 Å². The predicted octanol–water partition coefficient (Wildman–Crippen LogP) is 2.44. The lowest BCUT2D eigenvalue weighted by Gasteiger charge is -2.13. The molecule has 0 atom stereocenters. The monoisotopic (exact) mass is 297 g/mol. The average molecular weight is 297 g/mol. The Morgan fingerprint density at radius 2 is 1.91 bits per heavy atom. The number of fused-ring (bicyclic) bond motifs is 1. The molecule has 0 saturated carbocycles. The number of carbonyl (C=O) groups is 1. The lowest BCUT2D eigenvalue weighted by molar-refractivity contribution is 0.100. The van der Waals surface area contributed by atoms with Crippen LogP contribution in [0.25, 0.3) is 11.0 Å². The first-order chi connectivity index (χ1) is 10.7. The number of imidazole rings is 1. The number of nitrogens with zero attached hydrogens (tertiary/aromatic N) is 2. The number of nitrogens with one attached hydrogen (secondary N) is 1. The Morgan fingerprint density at radius 3 is 2.68 bits per heavy atom. The number of methoxy groups -OCH3 is 2. The SMILES string of the molecule is COc1cccc(C(=O)Nn2cnc3ccccc32)c1OC. The van der Waals surface area contributed by atoms with Crippen LogP contribution in [0.1, 0.15) is 10.4 Å². The van der Waals surface area contributed by atoms with E-state index in [0.29, 0.717) is 17.1 Å². The van der Waals surface area contributed by atoms with E-state index in [1.807, 2.05) is 24.3 Å². The van der Waals surface area contributed by atoms with Crippen LogP contribution in [-0.4, -0.2) is 29.8 Å². The first-order valence-corrected chi connectivity index (χ1v) is 6.69. The number of para-hydroxylation sites is 3. The normalized spacial score (nSPS) is 10.5. The standard InChI is InChI=1S/C16H15N3O3/c1-21-14-9-5-6-11(15(14)22-2)16(20)18-19-10-17-12-7-3-4-8-13(12)19/h3-10H,1-2H3,(H,18,20). The van der Waals surface area contributed by atoms with Crippen molar-refractivity contribution in [3.63, 3.8) is 0 Å². The summed E-state index contributed by atoms with van der Waals surface area (Å²) in [4.78, 5) is 16.7. The van der Waals surface area contributed by atoms with Gasteiger partial charge in [0.1, 0.15) is 6.33 Å². The maximum atomic E-state index is 12.5. The minimum Gasteiger partial charge on any atom is -0.493 e. The van der Waals surface area contributed by atoms with Crippen molar-refractivity contribution in [2.75, 3.05) is 19.6 Å². The van der Waals surface area contributed by atoms with Crippen LogP contribution in [0.15, 0.2) is 48.8 Å². The molecule has 0 aliphatic rings. The minimum absolute atomic E-state index is 0.307. The minimum atomic E-state index is -0.307. The average Bonchev–Trinajstić information content (AvgIpc) is 2.97. The zero-order valence-electron chi connectivity index (χ0n) is 12.2. The molecule has 1 aromatic heterocycles. The van der Waals surface area contributed by atoms with Crippen molar-refractivity contribution < 1.29 is 14.3 Å². The van der Waals surface area contributed by atoms with Gasteiger partial charge in [0.25, 0.3) is 5.91 Å². The number of benzene rings is 2. The van der Waals surface area contributed by atoms with Crippen LogP contribution in [0.4, 0.5) is 0 Å². The zero-order valence-corrected chi connectivity index (χ0v) is 12.2. The molecular weight excluding hydrogens is 282 g/mol. The summed E-state index contributed by atoms with van der Waals surface area (Å²) < 4.78 is 12.1. The molecule has 1 heterocycles. The van der Waals surface area contributed by atoms with E-state index in [1.54, 1.807) is 29.2 Å². The molecule has 0 bridgehead atoms. The lowest BCUT2D eigenvalue weighted by Crippen LogP contribution is -2.22. The van der Waals surface area contributed by atoms with Crippen LogP contribution in [0.5, 0.6) is 11.5 Å². The van der Waals surface area contributed by atoms with Crippen molar-refractivity contribution in [1.29, 1.82) is 0 Å². The molecule has 2 aromatic carbocycles. The topological polar surface area (TPSA) is 65.4 Å². The van der Waals surface area contributed by atoms with E-state index in [0.717, 1.165) is 11.0 Å². The highest BCUT2D eigenvalue weighted by Crippen LogP contribution is 2.30. The molecule has 6 heteroatoms. The zero-order chi connectivity index (χ0) is 15.5. The third-order valence-corrected chi connectivity index (χ3v) is 3.32. The number of aromatic nitrogens is 2. The van der Waals surface area contributed by atoms with E-state index in [4.69, 9.17) is 9.47 Å². The molecular formula is C16H15N3O3. The lowest BCUT2D eigenvalue weighted by atomic mass is 10.2. The Hall–Kier alpha value is -3.02. The maximum absolute atomic E-state index is 12.5. The van der Waals surface area contributed by atoms with E-state index in [-0.39, 0.29) is 5.91 Å². The predicted molar refractivity (Wildman–Crippen MR) is 83.0 cm³/mol. The third-order valence-electron chi connectivity index (χ3n) is 3.32. The largest absolute Gasteiger partial charge is 0.493 e. The summed E-state index contributed by atoms with van der Waals surface area (Å²) in [6.07, 6.45) is 1.56. The number of carbonyl (C=O) groups excluding carboxylic acids is 1. The second-order valence-electron chi connectivity index (χ2n) is 4.59. The highest BCUT2D eigenvalue weighted by Gasteiger charge is 2.17. The van der Waals surface area contributed by atoms with Crippen LogP contribution in [0.3, 0.4) is 0 Å². The van der Waals surface area contributed by atoms with Gasteiger partial charge in [0.05, 0.1) is 30.8 Å². The molecule has 0 fully saturated rings. The molecule has 0 radical (unpaired) electrons. The molecule has 1 N–H and O–H groups in total. The maximum Gasteiger partial charge on any atom is 0.274 e. The number of rotatable bonds is 4. The van der Waals surface area contributed by atoms with E-state index >= 15 is 0 Å². The fraction of sp³-hybridized carbons (Fsp3) is 0.125. The van der Waals surface area contributed by atoms with E-state index in [1.165, 1.54) is 14.2 Å². The summed E-state index contributed by atoms with van der Waals surface area (Å²) in [6.45, 7) is 0. The van der Waals surface area contributed by atoms with Gasteiger partial charge in [0.15, 0.2) is 11.5 Å². The Bertz CT molecular complexity index is 826. The third kappa shape index (κ3) is 2.35. The van der Waals surface area contributed by atoms with Crippen LogP contribution in [0.2, 0.25) is 0 Å². The second kappa shape index (κ2) is 5.77. The fourth-order valence-electron chi connectivity index (χ4n) is 2.28. The Morgan fingerprint density at radius 1 is 1.09 bits per heavy atom. The fourth-order valence-corrected chi connectivity index (χ4v) is 2.28. The molecule has 3 aromatic rings. The summed E-state index contributed by atoms with van der Waals surface area (Å²) in [5.74, 6) is 0.594. The molecule has 0 saturated heterocycles. The van der Waals surface area contributed by atoms with Gasteiger partial charge in [-0.2, -0.15) is 0 Å². The smallest absolute Gasteiger partial charge is 0.274 e. The summed E-state index contributed by atoms with van der Waals surface area (Å²) in [7, 11) is 3.03. The molecule has 0 spiro atoms. The van der Waals surface area contributed by atoms with E-state index < -0.39 is 0 Å². The van der Waals surface area contributed by atoms with Gasteiger partial charge in [0, 0.05) is 0 Å². The van der Waals surface area contributed by atoms with E-state index in [9.17, 15) is 4.79 Å². The van der Waals surface area contributed by atoms with Crippen molar-refractivity contribution >= 4 is 16.9 Å². The number of amides is 1. The molecule has 0 aliphatic carbocycles. The van der Waals surface area contributed by atoms with Gasteiger partial charge in [-0.3, -0.25) is 10.2 Å². The van der Waals surface area contributed by atoms with Gasteiger partial charge < -0.3 is 9.47 Å². The van der Waals surface area contributed by atoms with Gasteiger partial charge in [-0.15, -0.1) is 0 Å². The van der Waals surface area contributed by atoms with Gasteiger partial charge in [-0.25, -0.2) is 9.66 Å². The molecule has 112 valence electrons. The van der Waals surface area contributed by atoms with Gasteiger partial charge in [-0.05, 0) is 24.3 Å². The van der Waals surface area contributed by atoms with Crippen LogP contribution < -0.4 is 14.9 Å². The first-order valence-electron chi connectivity index (χ1n) is 6.69. The first kappa shape index (κ1) is 13.9. The summed E-state index contributed by atoms with van der Waals surface area (Å²) in [5, 5.41) is 0. The Kier molecular flexibility index (Phi) is 3.65. The number of ether oxygens (including phenoxy) is 2. The summed E-state index contributed by atoms with van der Waals surface area (Å²) in [5.41, 5.74) is 4.80. The Labute approximate surface area is 127 Å². The highest BCUT2D eigenvalue weighted by atomic mass is 16.5. The van der Waals surface area contributed by atoms with Gasteiger partial charge in [-0.1, -0.05) is 18.2 Å². The van der Waals surface area contributed by atoms with Crippen LogP contribution in [-0.2, 0) is 0 Å². The van der Waals surface area contributed by atoms with Crippen LogP contribution >= 0.6 is 0 Å². The molecule has 3 rings (SSSR count). The highest BCUT2D eigenvalue weighted by molar-refractivity contribution is 6.03. The molecule has 0 unspecified atom stereocenters. The molecule has 22 heavy (non-hydrogen) atoms. The Balaban J connectivity index is 1.95. The van der Waals surface area contributed by atoms with Crippen molar-refractivity contribution in [2.45, 2.75) is 0 Å². The molecule has 1 amide bonds. The van der Waals surface area contributed by atoms with Crippen molar-refractivity contribution in [1.82, 2.24) is 9.66 Å². The molecule has 0 aliphatic heterocycles. The quantitative estimate of drug-likeness (QED) is 0.803. The van der Waals surface area contributed by atoms with Gasteiger partial charge >= 0.3 is 0 Å². The second-order valence-corrected chi connectivity index (χ2v) is 4.59. The summed E-state index contributed by atoms with van der Waals surface area (Å²) in [6, 6.07) is 12.7. The van der Waals surface area contributed by atoms with Crippen molar-refractivity contribution in [2.24, 2.45) is 0 Å². The number of hydrogen-bond acceptors (Lipinski definition) is 4. The molecule has 6 nitrogen and oxygen atoms in total. The van der Waals surface area contributed by atoms with Crippen molar-refractivity contribution in [3.05, 3.63) is 54.4 Å². The number of hydrogen-bond donors (Lipinski definition) is 1.